The molecule has 0 saturated heterocycles. The van der Waals surface area contributed by atoms with E-state index < -0.39 is 26.5 Å². The maximum absolute atomic E-state index is 12.8. The Kier molecular flexibility index (Phi) is 57.6. The van der Waals surface area contributed by atoms with Crippen LogP contribution >= 0.6 is 7.82 Å². The van der Waals surface area contributed by atoms with Gasteiger partial charge in [-0.05, 0) is 77.0 Å². The van der Waals surface area contributed by atoms with Gasteiger partial charge in [0.25, 0.3) is 7.82 Å². The van der Waals surface area contributed by atoms with Crippen molar-refractivity contribution in [1.29, 1.82) is 0 Å². The van der Waals surface area contributed by atoms with Crippen molar-refractivity contribution in [2.45, 2.75) is 315 Å². The van der Waals surface area contributed by atoms with Gasteiger partial charge in [0, 0.05) is 12.8 Å². The average Bonchev–Trinajstić information content (AvgIpc) is 3.40. The molecular weight excluding hydrogens is 990 g/mol. The Bertz CT molecular complexity index is 1500. The third-order valence-electron chi connectivity index (χ3n) is 14.5. The summed E-state index contributed by atoms with van der Waals surface area (Å²) in [4.78, 5) is 38.0. The van der Waals surface area contributed by atoms with Crippen LogP contribution in [0.4, 0.5) is 0 Å². The predicted octanol–water partition coefficient (Wildman–Crippen LogP) is 20.4. The second kappa shape index (κ2) is 59.3. The van der Waals surface area contributed by atoms with E-state index in [-0.39, 0.29) is 32.0 Å². The van der Waals surface area contributed by atoms with Crippen molar-refractivity contribution in [2.75, 3.05) is 47.5 Å². The van der Waals surface area contributed by atoms with Crippen LogP contribution in [0.2, 0.25) is 0 Å². The minimum atomic E-state index is -4.64. The Labute approximate surface area is 483 Å². The summed E-state index contributed by atoms with van der Waals surface area (Å²) in [7, 11) is 1.17. The molecule has 0 spiro atoms. The lowest BCUT2D eigenvalue weighted by Crippen LogP contribution is -2.37. The maximum atomic E-state index is 12.8. The highest BCUT2D eigenvalue weighted by atomic mass is 31.2. The molecule has 0 N–H and O–H groups in total. The van der Waals surface area contributed by atoms with Crippen molar-refractivity contribution in [1.82, 2.24) is 0 Å². The fourth-order valence-electron chi connectivity index (χ4n) is 9.47. The molecule has 0 aliphatic carbocycles. The molecule has 0 aliphatic rings. The van der Waals surface area contributed by atoms with E-state index in [2.05, 4.69) is 74.6 Å². The van der Waals surface area contributed by atoms with E-state index in [1.165, 1.54) is 205 Å². The molecule has 9 nitrogen and oxygen atoms in total. The zero-order valence-corrected chi connectivity index (χ0v) is 52.8. The van der Waals surface area contributed by atoms with Gasteiger partial charge >= 0.3 is 11.9 Å². The lowest BCUT2D eigenvalue weighted by molar-refractivity contribution is -0.870. The molecule has 10 heteroatoms. The Morgan fingerprint density at radius 2 is 0.731 bits per heavy atom. The van der Waals surface area contributed by atoms with Crippen LogP contribution in [0, 0.1) is 0 Å². The van der Waals surface area contributed by atoms with Gasteiger partial charge in [0.05, 0.1) is 27.7 Å². The van der Waals surface area contributed by atoms with Gasteiger partial charge in [-0.2, -0.15) is 0 Å². The summed E-state index contributed by atoms with van der Waals surface area (Å²) in [5.41, 5.74) is 0. The Balaban J connectivity index is 4.04. The van der Waals surface area contributed by atoms with Crippen LogP contribution in [0.1, 0.15) is 309 Å². The lowest BCUT2D eigenvalue weighted by Gasteiger charge is -2.28. The molecule has 0 amide bonds. The number of allylic oxidation sites excluding steroid dienone is 10. The molecular formula is C68H126NO8P. The van der Waals surface area contributed by atoms with Crippen LogP contribution in [0.3, 0.4) is 0 Å². The quantitative estimate of drug-likeness (QED) is 0.0195. The average molecular weight is 1120 g/mol. The number of likely N-dealkylation sites (N-methyl/N-ethyl adjacent to an activating group) is 1. The third kappa shape index (κ3) is 62.9. The third-order valence-corrected chi connectivity index (χ3v) is 15.5. The van der Waals surface area contributed by atoms with Gasteiger partial charge in [-0.25, -0.2) is 0 Å². The Morgan fingerprint density at radius 1 is 0.410 bits per heavy atom. The number of hydrogen-bond donors (Lipinski definition) is 0. The molecule has 0 rings (SSSR count). The first-order valence-electron chi connectivity index (χ1n) is 33.0. The van der Waals surface area contributed by atoms with Crippen LogP contribution in [-0.4, -0.2) is 70.0 Å². The van der Waals surface area contributed by atoms with E-state index in [9.17, 15) is 19.0 Å². The summed E-state index contributed by atoms with van der Waals surface area (Å²) < 4.78 is 34.3. The molecule has 0 aromatic rings. The van der Waals surface area contributed by atoms with Gasteiger partial charge in [-0.1, -0.05) is 280 Å². The summed E-state index contributed by atoms with van der Waals surface area (Å²) in [6.07, 6.45) is 77.2. The zero-order valence-electron chi connectivity index (χ0n) is 51.9. The zero-order chi connectivity index (χ0) is 57.0. The molecule has 0 bridgehead atoms. The summed E-state index contributed by atoms with van der Waals surface area (Å²) in [6.45, 7) is 4.16. The van der Waals surface area contributed by atoms with Crippen molar-refractivity contribution in [2.24, 2.45) is 0 Å². The smallest absolute Gasteiger partial charge is 0.306 e. The highest BCUT2D eigenvalue weighted by molar-refractivity contribution is 7.45. The molecule has 456 valence electrons. The number of rotatable bonds is 61. The maximum Gasteiger partial charge on any atom is 0.306 e. The number of carbonyl (C=O) groups excluding carboxylic acids is 2. The van der Waals surface area contributed by atoms with E-state index >= 15 is 0 Å². The number of ether oxygens (including phenoxy) is 2. The van der Waals surface area contributed by atoms with E-state index in [0.717, 1.165) is 70.6 Å². The van der Waals surface area contributed by atoms with Gasteiger partial charge in [0.1, 0.15) is 19.8 Å². The molecule has 0 aromatic carbocycles. The van der Waals surface area contributed by atoms with Crippen molar-refractivity contribution in [3.63, 3.8) is 0 Å². The highest BCUT2D eigenvalue weighted by Gasteiger charge is 2.22. The molecule has 0 heterocycles. The van der Waals surface area contributed by atoms with Gasteiger partial charge < -0.3 is 27.9 Å². The minimum absolute atomic E-state index is 0.0321. The first-order valence-corrected chi connectivity index (χ1v) is 34.5. The van der Waals surface area contributed by atoms with Crippen molar-refractivity contribution in [3.05, 3.63) is 60.8 Å². The number of hydrogen-bond acceptors (Lipinski definition) is 8. The molecule has 2 atom stereocenters. The van der Waals surface area contributed by atoms with Crippen LogP contribution < -0.4 is 4.89 Å². The van der Waals surface area contributed by atoms with E-state index in [4.69, 9.17) is 18.5 Å². The van der Waals surface area contributed by atoms with E-state index in [0.29, 0.717) is 17.4 Å². The first-order chi connectivity index (χ1) is 38.0. The lowest BCUT2D eigenvalue weighted by atomic mass is 10.0. The molecule has 78 heavy (non-hydrogen) atoms. The second-order valence-corrected chi connectivity index (χ2v) is 24.9. The summed E-state index contributed by atoms with van der Waals surface area (Å²) >= 11 is 0. The van der Waals surface area contributed by atoms with Gasteiger partial charge in [-0.15, -0.1) is 0 Å². The second-order valence-electron chi connectivity index (χ2n) is 23.5. The Hall–Kier alpha value is -2.29. The van der Waals surface area contributed by atoms with Crippen LogP contribution in [-0.2, 0) is 32.7 Å². The standard InChI is InChI=1S/C68H126NO8P/c1-6-8-10-12-14-16-18-20-22-24-26-28-30-31-32-33-34-35-36-37-39-40-42-44-46-48-50-52-54-56-58-60-67(70)74-64-66(65-76-78(72,73)75-63-62-69(3,4)5)77-68(71)61-59-57-55-53-51-49-47-45-43-41-38-29-27-25-23-21-19-17-15-13-11-9-7-2/h9,11,15,17,21,23-24,26-27,29,66H,6-8,10,12-14,16,18-20,22,25,28,30-65H2,1-5H3/b11-9-,17-15-,23-21-,26-24-,29-27-. The highest BCUT2D eigenvalue weighted by Crippen LogP contribution is 2.38. The van der Waals surface area contributed by atoms with Gasteiger partial charge in [0.2, 0.25) is 0 Å². The minimum Gasteiger partial charge on any atom is -0.756 e. The number of phosphoric ester groups is 1. The largest absolute Gasteiger partial charge is 0.756 e. The number of esters is 2. The summed E-state index contributed by atoms with van der Waals surface area (Å²) in [5, 5.41) is 0. The van der Waals surface area contributed by atoms with Gasteiger partial charge in [0.15, 0.2) is 6.10 Å². The SMILES string of the molecule is CC/C=C\C/C=C\C/C=C\C/C=C\CCCCCCCCCCCCC(=O)OC(COC(=O)CCCCCCCCCCCCCCCCCCCCC/C=C\CCCCCCCCCC)COP(=O)([O-])OCC[N+](C)(C)C. The number of nitrogens with zero attached hydrogens (tertiary/aromatic N) is 1. The molecule has 0 saturated carbocycles. The first kappa shape index (κ1) is 75.7. The normalized spacial score (nSPS) is 13.6. The van der Waals surface area contributed by atoms with Crippen LogP contribution in [0.15, 0.2) is 60.8 Å². The summed E-state index contributed by atoms with van der Waals surface area (Å²) in [5.74, 6) is -0.827. The van der Waals surface area contributed by atoms with Crippen molar-refractivity contribution < 1.29 is 42.1 Å². The molecule has 0 aliphatic heterocycles. The monoisotopic (exact) mass is 1120 g/mol. The predicted molar refractivity (Wildman–Crippen MR) is 333 cm³/mol. The molecule has 0 radical (unpaired) electrons. The number of unbranched alkanes of at least 4 members (excludes halogenated alkanes) is 37. The summed E-state index contributed by atoms with van der Waals surface area (Å²) in [6, 6.07) is 0. The molecule has 2 unspecified atom stereocenters. The van der Waals surface area contributed by atoms with Crippen molar-refractivity contribution in [3.8, 4) is 0 Å². The van der Waals surface area contributed by atoms with Gasteiger partial charge in [-0.3, -0.25) is 14.2 Å². The number of phosphoric acid groups is 1. The number of carbonyl (C=O) groups is 2. The van der Waals surface area contributed by atoms with E-state index in [1.54, 1.807) is 0 Å². The number of quaternary nitrogens is 1. The van der Waals surface area contributed by atoms with Crippen LogP contribution in [0.5, 0.6) is 0 Å². The fourth-order valence-corrected chi connectivity index (χ4v) is 10.2. The Morgan fingerprint density at radius 3 is 1.10 bits per heavy atom. The fraction of sp³-hybridized carbons (Fsp3) is 0.824. The topological polar surface area (TPSA) is 111 Å². The van der Waals surface area contributed by atoms with E-state index in [1.807, 2.05) is 21.1 Å². The van der Waals surface area contributed by atoms with Crippen LogP contribution in [0.25, 0.3) is 0 Å². The van der Waals surface area contributed by atoms with Crippen molar-refractivity contribution >= 4 is 19.8 Å². The molecule has 0 aromatic heterocycles. The molecule has 0 fully saturated rings.